The van der Waals surface area contributed by atoms with E-state index in [4.69, 9.17) is 4.74 Å². The molecule has 1 aliphatic carbocycles. The second kappa shape index (κ2) is 2.63. The Labute approximate surface area is 68.4 Å². The predicted octanol–water partition coefficient (Wildman–Crippen LogP) is 2.38. The van der Waals surface area contributed by atoms with Gasteiger partial charge >= 0.3 is 0 Å². The smallest absolute Gasteiger partial charge is 0.0790 e. The van der Waals surface area contributed by atoms with E-state index in [9.17, 15) is 0 Å². The Balaban J connectivity index is 2.14. The van der Waals surface area contributed by atoms with E-state index < -0.39 is 0 Å². The highest BCUT2D eigenvalue weighted by Gasteiger charge is 2.34. The molecule has 1 heterocycles. The van der Waals surface area contributed by atoms with Gasteiger partial charge in [0.05, 0.1) is 12.7 Å². The molecule has 0 radical (unpaired) electrons. The zero-order valence-electron chi connectivity index (χ0n) is 7.34. The van der Waals surface area contributed by atoms with E-state index >= 15 is 0 Å². The molecule has 1 nitrogen and oxygen atoms in total. The molecule has 0 aromatic rings. The fourth-order valence-corrected chi connectivity index (χ4v) is 2.21. The van der Waals surface area contributed by atoms with Gasteiger partial charge in [-0.3, -0.25) is 0 Å². The molecule has 1 saturated heterocycles. The molecule has 11 heavy (non-hydrogen) atoms. The molecule has 1 aliphatic heterocycles. The van der Waals surface area contributed by atoms with Crippen molar-refractivity contribution in [1.29, 1.82) is 0 Å². The van der Waals surface area contributed by atoms with Gasteiger partial charge in [0.25, 0.3) is 0 Å². The zero-order valence-corrected chi connectivity index (χ0v) is 7.34. The number of hydrogen-bond acceptors (Lipinski definition) is 1. The highest BCUT2D eigenvalue weighted by atomic mass is 16.5. The fraction of sp³-hybridized carbons (Fsp3) is 0.800. The van der Waals surface area contributed by atoms with Gasteiger partial charge in [-0.25, -0.2) is 0 Å². The zero-order chi connectivity index (χ0) is 7.84. The van der Waals surface area contributed by atoms with Crippen LogP contribution in [0.1, 0.15) is 26.7 Å². The molecule has 1 fully saturated rings. The summed E-state index contributed by atoms with van der Waals surface area (Å²) < 4.78 is 5.66. The highest BCUT2D eigenvalue weighted by molar-refractivity contribution is 5.10. The van der Waals surface area contributed by atoms with Crippen LogP contribution < -0.4 is 0 Å². The first-order valence-corrected chi connectivity index (χ1v) is 4.56. The Kier molecular flexibility index (Phi) is 1.76. The van der Waals surface area contributed by atoms with Crippen LogP contribution in [0.5, 0.6) is 0 Å². The topological polar surface area (TPSA) is 9.23 Å². The normalized spacial score (nSPS) is 43.5. The van der Waals surface area contributed by atoms with Crippen molar-refractivity contribution in [1.82, 2.24) is 0 Å². The number of allylic oxidation sites excluding steroid dienone is 1. The third kappa shape index (κ3) is 1.22. The minimum Gasteiger partial charge on any atom is -0.374 e. The molecule has 0 unspecified atom stereocenters. The van der Waals surface area contributed by atoms with Gasteiger partial charge in [0, 0.05) is 0 Å². The maximum atomic E-state index is 5.66. The molecule has 2 aliphatic rings. The van der Waals surface area contributed by atoms with E-state index in [1.807, 2.05) is 0 Å². The molecule has 0 aromatic carbocycles. The van der Waals surface area contributed by atoms with Crippen molar-refractivity contribution in [3.8, 4) is 0 Å². The first-order chi connectivity index (χ1) is 5.27. The molecule has 62 valence electrons. The highest BCUT2D eigenvalue weighted by Crippen LogP contribution is 2.36. The van der Waals surface area contributed by atoms with E-state index in [1.165, 1.54) is 18.4 Å². The van der Waals surface area contributed by atoms with Crippen molar-refractivity contribution in [3.63, 3.8) is 0 Å². The van der Waals surface area contributed by atoms with E-state index in [-0.39, 0.29) is 0 Å². The lowest BCUT2D eigenvalue weighted by Gasteiger charge is -2.23. The SMILES string of the molecule is CC1=C[C@@H]2OC[C@H](C)[C@H]2CC1. The molecule has 0 amide bonds. The average Bonchev–Trinajstić information content (AvgIpc) is 2.32. The fourth-order valence-electron chi connectivity index (χ4n) is 2.21. The van der Waals surface area contributed by atoms with Crippen molar-refractivity contribution >= 4 is 0 Å². The molecule has 0 N–H and O–H groups in total. The molecule has 2 rings (SSSR count). The summed E-state index contributed by atoms with van der Waals surface area (Å²) in [6.45, 7) is 5.49. The summed E-state index contributed by atoms with van der Waals surface area (Å²) in [7, 11) is 0. The van der Waals surface area contributed by atoms with E-state index in [0.29, 0.717) is 6.10 Å². The van der Waals surface area contributed by atoms with Gasteiger partial charge < -0.3 is 4.74 Å². The monoisotopic (exact) mass is 152 g/mol. The standard InChI is InChI=1S/C10H16O/c1-7-3-4-9-8(2)6-11-10(9)5-7/h5,8-10H,3-4,6H2,1-2H3/t8-,9+,10-/m0/s1. The van der Waals surface area contributed by atoms with Crippen molar-refractivity contribution in [2.45, 2.75) is 32.8 Å². The van der Waals surface area contributed by atoms with Gasteiger partial charge in [-0.05, 0) is 31.6 Å². The third-order valence-electron chi connectivity index (χ3n) is 3.03. The van der Waals surface area contributed by atoms with Crippen LogP contribution >= 0.6 is 0 Å². The number of rotatable bonds is 0. The first kappa shape index (κ1) is 7.35. The van der Waals surface area contributed by atoms with Crippen LogP contribution in [0.4, 0.5) is 0 Å². The second-order valence-corrected chi connectivity index (χ2v) is 3.99. The molecule has 0 aromatic heterocycles. The quantitative estimate of drug-likeness (QED) is 0.484. The Bertz CT molecular complexity index is 183. The summed E-state index contributed by atoms with van der Waals surface area (Å²) in [5.74, 6) is 1.60. The summed E-state index contributed by atoms with van der Waals surface area (Å²) in [4.78, 5) is 0. The van der Waals surface area contributed by atoms with E-state index in [2.05, 4.69) is 19.9 Å². The lowest BCUT2D eigenvalue weighted by atomic mass is 9.82. The Morgan fingerprint density at radius 1 is 1.55 bits per heavy atom. The van der Waals surface area contributed by atoms with Crippen molar-refractivity contribution in [2.24, 2.45) is 11.8 Å². The Morgan fingerprint density at radius 3 is 3.18 bits per heavy atom. The number of fused-ring (bicyclic) bond motifs is 1. The minimum absolute atomic E-state index is 0.457. The summed E-state index contributed by atoms with van der Waals surface area (Å²) in [5, 5.41) is 0. The summed E-state index contributed by atoms with van der Waals surface area (Å²) in [6, 6.07) is 0. The molecule has 1 heteroatoms. The van der Waals surface area contributed by atoms with Crippen molar-refractivity contribution in [3.05, 3.63) is 11.6 Å². The van der Waals surface area contributed by atoms with Crippen LogP contribution in [0, 0.1) is 11.8 Å². The lowest BCUT2D eigenvalue weighted by Crippen LogP contribution is -2.20. The van der Waals surface area contributed by atoms with E-state index in [0.717, 1.165) is 18.4 Å². The molecule has 3 atom stereocenters. The summed E-state index contributed by atoms with van der Waals surface area (Å²) >= 11 is 0. The second-order valence-electron chi connectivity index (χ2n) is 3.99. The molecule has 0 spiro atoms. The van der Waals surface area contributed by atoms with Crippen molar-refractivity contribution < 1.29 is 4.74 Å². The van der Waals surface area contributed by atoms with Gasteiger partial charge in [0.1, 0.15) is 0 Å². The summed E-state index contributed by atoms with van der Waals surface area (Å²) in [6.07, 6.45) is 5.40. The minimum atomic E-state index is 0.457. The van der Waals surface area contributed by atoms with Gasteiger partial charge in [0.15, 0.2) is 0 Å². The van der Waals surface area contributed by atoms with Gasteiger partial charge in [-0.15, -0.1) is 0 Å². The molecule has 0 bridgehead atoms. The molecular weight excluding hydrogens is 136 g/mol. The maximum Gasteiger partial charge on any atom is 0.0790 e. The first-order valence-electron chi connectivity index (χ1n) is 4.56. The van der Waals surface area contributed by atoms with Gasteiger partial charge in [0.2, 0.25) is 0 Å². The number of hydrogen-bond donors (Lipinski definition) is 0. The van der Waals surface area contributed by atoms with E-state index in [1.54, 1.807) is 0 Å². The number of ether oxygens (including phenoxy) is 1. The van der Waals surface area contributed by atoms with Gasteiger partial charge in [-0.2, -0.15) is 0 Å². The molecule has 0 saturated carbocycles. The van der Waals surface area contributed by atoms with Crippen LogP contribution in [0.15, 0.2) is 11.6 Å². The van der Waals surface area contributed by atoms with Gasteiger partial charge in [-0.1, -0.05) is 18.6 Å². The van der Waals surface area contributed by atoms with Crippen molar-refractivity contribution in [2.75, 3.05) is 6.61 Å². The molecular formula is C10H16O. The lowest BCUT2D eigenvalue weighted by molar-refractivity contribution is 0.120. The Morgan fingerprint density at radius 2 is 2.36 bits per heavy atom. The van der Waals surface area contributed by atoms with Crippen LogP contribution in [-0.2, 0) is 4.74 Å². The van der Waals surface area contributed by atoms with Crippen LogP contribution in [0.3, 0.4) is 0 Å². The predicted molar refractivity (Wildman–Crippen MR) is 45.4 cm³/mol. The largest absolute Gasteiger partial charge is 0.374 e. The Hall–Kier alpha value is -0.300. The average molecular weight is 152 g/mol. The van der Waals surface area contributed by atoms with Crippen LogP contribution in [0.2, 0.25) is 0 Å². The van der Waals surface area contributed by atoms with Crippen LogP contribution in [-0.4, -0.2) is 12.7 Å². The van der Waals surface area contributed by atoms with Crippen LogP contribution in [0.25, 0.3) is 0 Å². The maximum absolute atomic E-state index is 5.66. The summed E-state index contributed by atoms with van der Waals surface area (Å²) in [5.41, 5.74) is 1.51. The third-order valence-corrected chi connectivity index (χ3v) is 3.03.